The lowest BCUT2D eigenvalue weighted by atomic mass is 10.1. The van der Waals surface area contributed by atoms with Crippen molar-refractivity contribution in [1.82, 2.24) is 10.2 Å². The normalized spacial score (nSPS) is 18.4. The minimum absolute atomic E-state index is 0. The molecule has 2 rings (SSSR count). The number of rotatable bonds is 6. The molecule has 2 N–H and O–H groups in total. The summed E-state index contributed by atoms with van der Waals surface area (Å²) in [6, 6.07) is 7.99. The molecule has 0 aromatic heterocycles. The number of nitrogens with one attached hydrogen (secondary N) is 2. The van der Waals surface area contributed by atoms with Crippen molar-refractivity contribution in [3.05, 3.63) is 24.3 Å². The van der Waals surface area contributed by atoms with Crippen molar-refractivity contribution < 1.29 is 9.53 Å². The number of carbonyl (C=O) groups excluding carboxylic acids is 1. The fourth-order valence-corrected chi connectivity index (χ4v) is 2.68. The van der Waals surface area contributed by atoms with E-state index in [1.54, 1.807) is 7.11 Å². The fourth-order valence-electron chi connectivity index (χ4n) is 2.68. The van der Waals surface area contributed by atoms with Gasteiger partial charge in [0.15, 0.2) is 0 Å². The molecule has 1 amide bonds. The molecule has 1 aliphatic heterocycles. The van der Waals surface area contributed by atoms with Crippen LogP contribution in [-0.2, 0) is 4.79 Å². The molecule has 0 saturated carbocycles. The van der Waals surface area contributed by atoms with Gasteiger partial charge in [-0.1, -0.05) is 6.07 Å². The summed E-state index contributed by atoms with van der Waals surface area (Å²) in [6.07, 6.45) is 2.94. The number of hydrogen-bond acceptors (Lipinski definition) is 4. The molecular formula is C16H26ClN3O2. The summed E-state index contributed by atoms with van der Waals surface area (Å²) in [5, 5.41) is 6.24. The van der Waals surface area contributed by atoms with E-state index in [1.807, 2.05) is 31.3 Å². The molecule has 124 valence electrons. The van der Waals surface area contributed by atoms with Gasteiger partial charge < -0.3 is 20.3 Å². The molecule has 1 aromatic carbocycles. The number of halogens is 1. The number of piperidine rings is 1. The Morgan fingerprint density at radius 1 is 1.45 bits per heavy atom. The van der Waals surface area contributed by atoms with Gasteiger partial charge >= 0.3 is 0 Å². The average Bonchev–Trinajstić information content (AvgIpc) is 2.53. The van der Waals surface area contributed by atoms with Crippen molar-refractivity contribution in [2.45, 2.75) is 25.3 Å². The first-order chi connectivity index (χ1) is 10.2. The van der Waals surface area contributed by atoms with Gasteiger partial charge in [0, 0.05) is 37.3 Å². The minimum Gasteiger partial charge on any atom is -0.497 e. The van der Waals surface area contributed by atoms with Gasteiger partial charge in [0.05, 0.1) is 7.11 Å². The van der Waals surface area contributed by atoms with Crippen LogP contribution in [0.1, 0.15) is 19.3 Å². The molecule has 1 heterocycles. The van der Waals surface area contributed by atoms with Crippen LogP contribution in [0.4, 0.5) is 5.69 Å². The number of ether oxygens (including phenoxy) is 1. The highest BCUT2D eigenvalue weighted by Gasteiger charge is 2.18. The zero-order valence-electron chi connectivity index (χ0n) is 13.3. The quantitative estimate of drug-likeness (QED) is 0.840. The highest BCUT2D eigenvalue weighted by molar-refractivity contribution is 5.91. The zero-order chi connectivity index (χ0) is 15.1. The average molecular weight is 328 g/mol. The predicted molar refractivity (Wildman–Crippen MR) is 92.0 cm³/mol. The van der Waals surface area contributed by atoms with Crippen LogP contribution in [0.15, 0.2) is 24.3 Å². The van der Waals surface area contributed by atoms with E-state index < -0.39 is 0 Å². The molecule has 0 bridgehead atoms. The lowest BCUT2D eigenvalue weighted by Gasteiger charge is -2.32. The van der Waals surface area contributed by atoms with Crippen LogP contribution in [0.2, 0.25) is 0 Å². The SMILES string of the molecule is CNC1CCCN(CCC(=O)Nc2cccc(OC)c2)C1.Cl. The summed E-state index contributed by atoms with van der Waals surface area (Å²) in [5.74, 6) is 0.801. The zero-order valence-corrected chi connectivity index (χ0v) is 14.1. The molecule has 1 aliphatic rings. The Balaban J connectivity index is 0.00000242. The van der Waals surface area contributed by atoms with E-state index in [0.29, 0.717) is 12.5 Å². The first-order valence-electron chi connectivity index (χ1n) is 7.55. The largest absolute Gasteiger partial charge is 0.497 e. The van der Waals surface area contributed by atoms with Gasteiger partial charge in [0.2, 0.25) is 5.91 Å². The summed E-state index contributed by atoms with van der Waals surface area (Å²) in [7, 11) is 3.62. The van der Waals surface area contributed by atoms with Crippen molar-refractivity contribution in [3.63, 3.8) is 0 Å². The van der Waals surface area contributed by atoms with Gasteiger partial charge in [0.25, 0.3) is 0 Å². The second-order valence-corrected chi connectivity index (χ2v) is 5.46. The summed E-state index contributed by atoms with van der Waals surface area (Å²) < 4.78 is 5.15. The summed E-state index contributed by atoms with van der Waals surface area (Å²) >= 11 is 0. The van der Waals surface area contributed by atoms with Gasteiger partial charge in [-0.15, -0.1) is 12.4 Å². The Morgan fingerprint density at radius 3 is 3.00 bits per heavy atom. The summed E-state index contributed by atoms with van der Waals surface area (Å²) in [5.41, 5.74) is 0.783. The Bertz CT molecular complexity index is 470. The van der Waals surface area contributed by atoms with Crippen molar-refractivity contribution in [3.8, 4) is 5.75 Å². The molecule has 6 heteroatoms. The van der Waals surface area contributed by atoms with E-state index >= 15 is 0 Å². The van der Waals surface area contributed by atoms with Crippen LogP contribution in [0.3, 0.4) is 0 Å². The minimum atomic E-state index is 0. The second-order valence-electron chi connectivity index (χ2n) is 5.46. The standard InChI is InChI=1S/C16H25N3O2.ClH/c1-17-14-6-4-9-19(12-14)10-8-16(20)18-13-5-3-7-15(11-13)21-2;/h3,5,7,11,14,17H,4,6,8-10,12H2,1-2H3,(H,18,20);1H. The van der Waals surface area contributed by atoms with Crippen molar-refractivity contribution in [1.29, 1.82) is 0 Å². The predicted octanol–water partition coefficient (Wildman–Crippen LogP) is 2.13. The lowest BCUT2D eigenvalue weighted by Crippen LogP contribution is -2.45. The molecular weight excluding hydrogens is 302 g/mol. The maximum absolute atomic E-state index is 12.0. The van der Waals surface area contributed by atoms with E-state index in [1.165, 1.54) is 12.8 Å². The van der Waals surface area contributed by atoms with E-state index in [4.69, 9.17) is 4.74 Å². The van der Waals surface area contributed by atoms with E-state index in [9.17, 15) is 4.79 Å². The first-order valence-corrected chi connectivity index (χ1v) is 7.55. The van der Waals surface area contributed by atoms with Crippen LogP contribution in [0, 0.1) is 0 Å². The van der Waals surface area contributed by atoms with Crippen molar-refractivity contribution >= 4 is 24.0 Å². The maximum atomic E-state index is 12.0. The van der Waals surface area contributed by atoms with Gasteiger partial charge in [-0.05, 0) is 38.6 Å². The molecule has 1 saturated heterocycles. The molecule has 22 heavy (non-hydrogen) atoms. The number of benzene rings is 1. The molecule has 1 unspecified atom stereocenters. The Labute approximate surface area is 138 Å². The van der Waals surface area contributed by atoms with E-state index in [0.717, 1.165) is 31.1 Å². The van der Waals surface area contributed by atoms with Crippen LogP contribution >= 0.6 is 12.4 Å². The van der Waals surface area contributed by atoms with Crippen molar-refractivity contribution in [2.24, 2.45) is 0 Å². The van der Waals surface area contributed by atoms with Gasteiger partial charge in [-0.3, -0.25) is 4.79 Å². The fraction of sp³-hybridized carbons (Fsp3) is 0.562. The van der Waals surface area contributed by atoms with Crippen molar-refractivity contribution in [2.75, 3.05) is 39.1 Å². The second kappa shape index (κ2) is 9.66. The van der Waals surface area contributed by atoms with Gasteiger partial charge in [0.1, 0.15) is 5.75 Å². The lowest BCUT2D eigenvalue weighted by molar-refractivity contribution is -0.116. The number of likely N-dealkylation sites (tertiary alicyclic amines) is 1. The summed E-state index contributed by atoms with van der Waals surface area (Å²) in [4.78, 5) is 14.4. The van der Waals surface area contributed by atoms with Crippen LogP contribution in [-0.4, -0.2) is 50.6 Å². The topological polar surface area (TPSA) is 53.6 Å². The third-order valence-corrected chi connectivity index (χ3v) is 3.92. The highest BCUT2D eigenvalue weighted by atomic mass is 35.5. The number of methoxy groups -OCH3 is 1. The molecule has 0 spiro atoms. The number of anilines is 1. The molecule has 1 fully saturated rings. The molecule has 0 aliphatic carbocycles. The molecule has 1 aromatic rings. The highest BCUT2D eigenvalue weighted by Crippen LogP contribution is 2.17. The summed E-state index contributed by atoms with van der Waals surface area (Å²) in [6.45, 7) is 2.93. The Kier molecular flexibility index (Phi) is 8.24. The molecule has 5 nitrogen and oxygen atoms in total. The van der Waals surface area contributed by atoms with Crippen LogP contribution < -0.4 is 15.4 Å². The Morgan fingerprint density at radius 2 is 2.27 bits per heavy atom. The number of nitrogens with zero attached hydrogens (tertiary/aromatic N) is 1. The number of amides is 1. The van der Waals surface area contributed by atoms with Crippen LogP contribution in [0.25, 0.3) is 0 Å². The monoisotopic (exact) mass is 327 g/mol. The third kappa shape index (κ3) is 5.83. The van der Waals surface area contributed by atoms with E-state index in [2.05, 4.69) is 15.5 Å². The number of hydrogen-bond donors (Lipinski definition) is 2. The molecule has 0 radical (unpaired) electrons. The third-order valence-electron chi connectivity index (χ3n) is 3.92. The molecule has 1 atom stereocenters. The van der Waals surface area contributed by atoms with Gasteiger partial charge in [-0.25, -0.2) is 0 Å². The number of carbonyl (C=O) groups is 1. The number of likely N-dealkylation sites (N-methyl/N-ethyl adjacent to an activating group) is 1. The maximum Gasteiger partial charge on any atom is 0.225 e. The van der Waals surface area contributed by atoms with Crippen LogP contribution in [0.5, 0.6) is 5.75 Å². The van der Waals surface area contributed by atoms with E-state index in [-0.39, 0.29) is 18.3 Å². The first kappa shape index (κ1) is 18.7. The Hall–Kier alpha value is -1.30. The smallest absolute Gasteiger partial charge is 0.225 e. The van der Waals surface area contributed by atoms with Gasteiger partial charge in [-0.2, -0.15) is 0 Å².